The molecule has 1 saturated carbocycles. The molecule has 1 N–H and O–H groups in total. The average molecular weight is 326 g/mol. The molecule has 5 heteroatoms. The highest BCUT2D eigenvalue weighted by Crippen LogP contribution is 2.38. The summed E-state index contributed by atoms with van der Waals surface area (Å²) in [6, 6.07) is 8.30. The van der Waals surface area contributed by atoms with E-state index in [4.69, 9.17) is 0 Å². The van der Waals surface area contributed by atoms with Gasteiger partial charge in [-0.2, -0.15) is 0 Å². The lowest BCUT2D eigenvalue weighted by Crippen LogP contribution is -2.34. The third kappa shape index (κ3) is 4.02. The number of amides is 1. The Morgan fingerprint density at radius 1 is 1.38 bits per heavy atom. The smallest absolute Gasteiger partial charge is 0.223 e. The van der Waals surface area contributed by atoms with E-state index in [2.05, 4.69) is 46.1 Å². The molecule has 0 spiro atoms. The first kappa shape index (κ1) is 16.7. The van der Waals surface area contributed by atoms with Gasteiger partial charge in [0.05, 0.1) is 0 Å². The van der Waals surface area contributed by atoms with Gasteiger partial charge in [0.1, 0.15) is 12.2 Å². The highest BCUT2D eigenvalue weighted by atomic mass is 16.1. The molecule has 1 aliphatic carbocycles. The molecular formula is C19H26N4O. The molecule has 2 aromatic rings. The van der Waals surface area contributed by atoms with E-state index in [9.17, 15) is 4.79 Å². The van der Waals surface area contributed by atoms with Crippen LogP contribution in [0.2, 0.25) is 0 Å². The van der Waals surface area contributed by atoms with Crippen molar-refractivity contribution in [3.63, 3.8) is 0 Å². The number of aryl methyl sites for hydroxylation is 1. The normalized spacial score (nSPS) is 15.2. The number of carbonyl (C=O) groups is 1. The van der Waals surface area contributed by atoms with Crippen LogP contribution in [0.4, 0.5) is 0 Å². The van der Waals surface area contributed by atoms with Crippen molar-refractivity contribution in [1.29, 1.82) is 0 Å². The van der Waals surface area contributed by atoms with Crippen molar-refractivity contribution in [3.05, 3.63) is 47.5 Å². The first-order valence-electron chi connectivity index (χ1n) is 8.89. The monoisotopic (exact) mass is 326 g/mol. The minimum atomic E-state index is 0.0231. The Labute approximate surface area is 143 Å². The van der Waals surface area contributed by atoms with Crippen LogP contribution in [0.15, 0.2) is 30.6 Å². The zero-order valence-corrected chi connectivity index (χ0v) is 14.5. The Hall–Kier alpha value is -2.17. The van der Waals surface area contributed by atoms with Crippen molar-refractivity contribution in [1.82, 2.24) is 20.1 Å². The maximum Gasteiger partial charge on any atom is 0.223 e. The second-order valence-electron chi connectivity index (χ2n) is 6.68. The van der Waals surface area contributed by atoms with Gasteiger partial charge in [0.15, 0.2) is 0 Å². The molecule has 1 amide bonds. The van der Waals surface area contributed by atoms with E-state index in [-0.39, 0.29) is 11.8 Å². The molecule has 1 aliphatic rings. The lowest BCUT2D eigenvalue weighted by Gasteiger charge is -2.16. The summed E-state index contributed by atoms with van der Waals surface area (Å²) < 4.78 is 2.07. The van der Waals surface area contributed by atoms with Crippen molar-refractivity contribution < 1.29 is 4.79 Å². The molecule has 0 bridgehead atoms. The molecule has 1 aromatic carbocycles. The molecule has 5 nitrogen and oxygen atoms in total. The van der Waals surface area contributed by atoms with Gasteiger partial charge in [-0.05, 0) is 43.7 Å². The van der Waals surface area contributed by atoms with E-state index in [0.717, 1.165) is 25.2 Å². The number of nitrogens with zero attached hydrogens (tertiary/aromatic N) is 3. The maximum absolute atomic E-state index is 12.5. The zero-order chi connectivity index (χ0) is 16.9. The van der Waals surface area contributed by atoms with Crippen LogP contribution in [-0.4, -0.2) is 27.2 Å². The fourth-order valence-electron chi connectivity index (χ4n) is 3.06. The van der Waals surface area contributed by atoms with Gasteiger partial charge < -0.3 is 9.88 Å². The standard InChI is InChI=1S/C19H26N4O/c1-3-15(12-17-7-5-4-6-14(17)2)19(24)20-10-11-23-13-21-22-18(23)16-8-9-16/h4-7,13,15-16H,3,8-12H2,1-2H3,(H,20,24). The summed E-state index contributed by atoms with van der Waals surface area (Å²) >= 11 is 0. The molecule has 0 radical (unpaired) electrons. The highest BCUT2D eigenvalue weighted by Gasteiger charge is 2.28. The van der Waals surface area contributed by atoms with Gasteiger partial charge in [-0.3, -0.25) is 4.79 Å². The summed E-state index contributed by atoms with van der Waals surface area (Å²) in [5.74, 6) is 1.81. The van der Waals surface area contributed by atoms with E-state index in [1.54, 1.807) is 6.33 Å². The van der Waals surface area contributed by atoms with Crippen molar-refractivity contribution in [2.75, 3.05) is 6.54 Å². The van der Waals surface area contributed by atoms with Crippen molar-refractivity contribution in [3.8, 4) is 0 Å². The van der Waals surface area contributed by atoms with Crippen LogP contribution in [0.5, 0.6) is 0 Å². The van der Waals surface area contributed by atoms with Gasteiger partial charge in [-0.15, -0.1) is 10.2 Å². The van der Waals surface area contributed by atoms with Crippen LogP contribution >= 0.6 is 0 Å². The first-order valence-corrected chi connectivity index (χ1v) is 8.89. The second kappa shape index (κ2) is 7.60. The van der Waals surface area contributed by atoms with Crippen LogP contribution < -0.4 is 5.32 Å². The number of rotatable bonds is 8. The van der Waals surface area contributed by atoms with E-state index >= 15 is 0 Å². The molecule has 0 saturated heterocycles. The second-order valence-corrected chi connectivity index (χ2v) is 6.68. The SMILES string of the molecule is CCC(Cc1ccccc1C)C(=O)NCCn1cnnc1C1CC1. The first-order chi connectivity index (χ1) is 11.7. The Balaban J connectivity index is 1.51. The number of aromatic nitrogens is 3. The molecule has 1 fully saturated rings. The average Bonchev–Trinajstić information content (AvgIpc) is 3.33. The van der Waals surface area contributed by atoms with E-state index in [1.807, 2.05) is 12.1 Å². The van der Waals surface area contributed by atoms with Crippen LogP contribution in [0.25, 0.3) is 0 Å². The number of hydrogen-bond donors (Lipinski definition) is 1. The van der Waals surface area contributed by atoms with Crippen molar-refractivity contribution >= 4 is 5.91 Å². The highest BCUT2D eigenvalue weighted by molar-refractivity contribution is 5.78. The predicted octanol–water partition coefficient (Wildman–Crippen LogP) is 2.85. The van der Waals surface area contributed by atoms with E-state index in [0.29, 0.717) is 12.5 Å². The molecule has 1 unspecified atom stereocenters. The fourth-order valence-corrected chi connectivity index (χ4v) is 3.06. The molecule has 1 heterocycles. The maximum atomic E-state index is 12.5. The van der Waals surface area contributed by atoms with Crippen LogP contribution in [0, 0.1) is 12.8 Å². The van der Waals surface area contributed by atoms with Gasteiger partial charge in [0.25, 0.3) is 0 Å². The van der Waals surface area contributed by atoms with E-state index in [1.165, 1.54) is 24.0 Å². The molecule has 0 aliphatic heterocycles. The summed E-state index contributed by atoms with van der Waals surface area (Å²) in [7, 11) is 0. The summed E-state index contributed by atoms with van der Waals surface area (Å²) in [6.07, 6.45) is 5.83. The summed E-state index contributed by atoms with van der Waals surface area (Å²) in [5.41, 5.74) is 2.51. The van der Waals surface area contributed by atoms with E-state index < -0.39 is 0 Å². The third-order valence-corrected chi connectivity index (χ3v) is 4.83. The van der Waals surface area contributed by atoms with Gasteiger partial charge >= 0.3 is 0 Å². The molecule has 128 valence electrons. The molecule has 3 rings (SSSR count). The van der Waals surface area contributed by atoms with Gasteiger partial charge in [-0.25, -0.2) is 0 Å². The number of carbonyl (C=O) groups excluding carboxylic acids is 1. The molecular weight excluding hydrogens is 300 g/mol. The van der Waals surface area contributed by atoms with Crippen molar-refractivity contribution in [2.24, 2.45) is 5.92 Å². The Morgan fingerprint density at radius 2 is 2.17 bits per heavy atom. The van der Waals surface area contributed by atoms with Gasteiger partial charge in [-0.1, -0.05) is 31.2 Å². The summed E-state index contributed by atoms with van der Waals surface area (Å²) in [5, 5.41) is 11.3. The number of hydrogen-bond acceptors (Lipinski definition) is 3. The minimum Gasteiger partial charge on any atom is -0.354 e. The van der Waals surface area contributed by atoms with Crippen LogP contribution in [-0.2, 0) is 17.8 Å². The van der Waals surface area contributed by atoms with Gasteiger partial charge in [0, 0.05) is 24.9 Å². The summed E-state index contributed by atoms with van der Waals surface area (Å²) in [4.78, 5) is 12.5. The predicted molar refractivity (Wildman–Crippen MR) is 93.7 cm³/mol. The summed E-state index contributed by atoms with van der Waals surface area (Å²) in [6.45, 7) is 5.55. The quantitative estimate of drug-likeness (QED) is 0.811. The lowest BCUT2D eigenvalue weighted by atomic mass is 9.93. The van der Waals surface area contributed by atoms with Crippen molar-refractivity contribution in [2.45, 2.75) is 52.0 Å². The van der Waals surface area contributed by atoms with Crippen LogP contribution in [0.3, 0.4) is 0 Å². The Morgan fingerprint density at radius 3 is 2.88 bits per heavy atom. The lowest BCUT2D eigenvalue weighted by molar-refractivity contribution is -0.125. The Kier molecular flexibility index (Phi) is 5.28. The minimum absolute atomic E-state index is 0.0231. The molecule has 1 atom stereocenters. The zero-order valence-electron chi connectivity index (χ0n) is 14.5. The Bertz CT molecular complexity index is 690. The number of nitrogens with one attached hydrogen (secondary N) is 1. The molecule has 1 aromatic heterocycles. The topological polar surface area (TPSA) is 59.8 Å². The largest absolute Gasteiger partial charge is 0.354 e. The van der Waals surface area contributed by atoms with Crippen LogP contribution in [0.1, 0.15) is 49.1 Å². The number of benzene rings is 1. The molecule has 24 heavy (non-hydrogen) atoms. The van der Waals surface area contributed by atoms with Gasteiger partial charge in [0.2, 0.25) is 5.91 Å². The fraction of sp³-hybridized carbons (Fsp3) is 0.526. The third-order valence-electron chi connectivity index (χ3n) is 4.83.